The normalized spacial score (nSPS) is 15.3. The molecule has 1 heterocycles. The Bertz CT molecular complexity index is 1090. The number of hydrogen-bond donors (Lipinski definition) is 1. The van der Waals surface area contributed by atoms with Crippen molar-refractivity contribution in [2.45, 2.75) is 52.0 Å². The van der Waals surface area contributed by atoms with Crippen molar-refractivity contribution in [2.24, 2.45) is 0 Å². The van der Waals surface area contributed by atoms with E-state index in [1.54, 1.807) is 24.5 Å². The average Bonchev–Trinajstić information content (AvgIpc) is 3.17. The number of rotatable bonds is 6. The van der Waals surface area contributed by atoms with Crippen LogP contribution in [0.3, 0.4) is 0 Å². The number of ether oxygens (including phenoxy) is 1. The quantitative estimate of drug-likeness (QED) is 0.463. The predicted octanol–water partition coefficient (Wildman–Crippen LogP) is 6.49. The molecule has 1 N–H and O–H groups in total. The summed E-state index contributed by atoms with van der Waals surface area (Å²) in [7, 11) is 0. The SMILES string of the molecule is CCOc1cc2occ(-c3ccc(F)cc3)c2cc1/C(C)=C/C(=O)NC1CCCCC1. The van der Waals surface area contributed by atoms with Gasteiger partial charge in [-0.25, -0.2) is 4.39 Å². The van der Waals surface area contributed by atoms with Crippen molar-refractivity contribution < 1.29 is 18.3 Å². The summed E-state index contributed by atoms with van der Waals surface area (Å²) in [6.07, 6.45) is 9.01. The molecular formula is C26H28FNO3. The van der Waals surface area contributed by atoms with Gasteiger partial charge in [0.2, 0.25) is 5.91 Å². The van der Waals surface area contributed by atoms with Crippen LogP contribution in [0.5, 0.6) is 5.75 Å². The Morgan fingerprint density at radius 1 is 1.19 bits per heavy atom. The monoisotopic (exact) mass is 421 g/mol. The molecule has 0 radical (unpaired) electrons. The van der Waals surface area contributed by atoms with Crippen molar-refractivity contribution in [1.82, 2.24) is 5.32 Å². The minimum atomic E-state index is -0.279. The molecule has 0 unspecified atom stereocenters. The first kappa shape index (κ1) is 21.2. The number of nitrogens with one attached hydrogen (secondary N) is 1. The largest absolute Gasteiger partial charge is 0.493 e. The van der Waals surface area contributed by atoms with Crippen molar-refractivity contribution in [1.29, 1.82) is 0 Å². The van der Waals surface area contributed by atoms with Gasteiger partial charge >= 0.3 is 0 Å². The molecule has 4 rings (SSSR count). The lowest BCUT2D eigenvalue weighted by Gasteiger charge is -2.22. The Balaban J connectivity index is 1.68. The van der Waals surface area contributed by atoms with Gasteiger partial charge in [0.05, 0.1) is 12.9 Å². The van der Waals surface area contributed by atoms with E-state index in [2.05, 4.69) is 5.32 Å². The minimum Gasteiger partial charge on any atom is -0.493 e. The molecule has 5 heteroatoms. The Labute approximate surface area is 182 Å². The van der Waals surface area contributed by atoms with Crippen LogP contribution in [0.2, 0.25) is 0 Å². The summed E-state index contributed by atoms with van der Waals surface area (Å²) in [5.41, 5.74) is 4.10. The van der Waals surface area contributed by atoms with Gasteiger partial charge in [-0.2, -0.15) is 0 Å². The first-order valence-electron chi connectivity index (χ1n) is 11.0. The van der Waals surface area contributed by atoms with Crippen LogP contribution >= 0.6 is 0 Å². The molecule has 1 saturated carbocycles. The number of amides is 1. The molecule has 1 aliphatic rings. The van der Waals surface area contributed by atoms with Crippen LogP contribution in [0.1, 0.15) is 51.5 Å². The fourth-order valence-electron chi connectivity index (χ4n) is 4.26. The summed E-state index contributed by atoms with van der Waals surface area (Å²) >= 11 is 0. The summed E-state index contributed by atoms with van der Waals surface area (Å²) in [5.74, 6) is 0.325. The molecule has 1 aromatic heterocycles. The Hall–Kier alpha value is -3.08. The van der Waals surface area contributed by atoms with E-state index in [0.717, 1.165) is 40.5 Å². The van der Waals surface area contributed by atoms with Crippen LogP contribution < -0.4 is 10.1 Å². The highest BCUT2D eigenvalue weighted by molar-refractivity contribution is 6.00. The zero-order chi connectivity index (χ0) is 21.8. The van der Waals surface area contributed by atoms with E-state index in [4.69, 9.17) is 9.15 Å². The van der Waals surface area contributed by atoms with E-state index in [1.165, 1.54) is 31.4 Å². The summed E-state index contributed by atoms with van der Waals surface area (Å²) in [6.45, 7) is 4.35. The lowest BCUT2D eigenvalue weighted by molar-refractivity contribution is -0.117. The molecule has 162 valence electrons. The van der Waals surface area contributed by atoms with Gasteiger partial charge in [-0.05, 0) is 56.0 Å². The van der Waals surface area contributed by atoms with Crippen LogP contribution in [0.15, 0.2) is 53.2 Å². The fraction of sp³-hybridized carbons (Fsp3) is 0.346. The molecule has 2 aromatic carbocycles. The first-order valence-corrected chi connectivity index (χ1v) is 11.0. The summed E-state index contributed by atoms with van der Waals surface area (Å²) in [5, 5.41) is 4.03. The van der Waals surface area contributed by atoms with Crippen molar-refractivity contribution in [3.8, 4) is 16.9 Å². The van der Waals surface area contributed by atoms with E-state index in [1.807, 2.05) is 26.0 Å². The molecule has 31 heavy (non-hydrogen) atoms. The summed E-state index contributed by atoms with van der Waals surface area (Å²) in [4.78, 5) is 12.6. The zero-order valence-corrected chi connectivity index (χ0v) is 18.0. The highest BCUT2D eigenvalue weighted by Crippen LogP contribution is 2.37. The van der Waals surface area contributed by atoms with Gasteiger partial charge in [-0.15, -0.1) is 0 Å². The van der Waals surface area contributed by atoms with Crippen molar-refractivity contribution in [3.63, 3.8) is 0 Å². The van der Waals surface area contributed by atoms with E-state index >= 15 is 0 Å². The van der Waals surface area contributed by atoms with Crippen LogP contribution in [0, 0.1) is 5.82 Å². The molecular weight excluding hydrogens is 393 g/mol. The lowest BCUT2D eigenvalue weighted by atomic mass is 9.95. The van der Waals surface area contributed by atoms with Gasteiger partial charge in [0, 0.05) is 34.7 Å². The second-order valence-corrected chi connectivity index (χ2v) is 8.10. The maximum atomic E-state index is 13.4. The van der Waals surface area contributed by atoms with Gasteiger partial charge in [0.15, 0.2) is 0 Å². The average molecular weight is 422 g/mol. The Kier molecular flexibility index (Phi) is 6.40. The maximum Gasteiger partial charge on any atom is 0.244 e. The van der Waals surface area contributed by atoms with Crippen molar-refractivity contribution in [2.75, 3.05) is 6.61 Å². The number of hydrogen-bond acceptors (Lipinski definition) is 3. The molecule has 4 nitrogen and oxygen atoms in total. The number of fused-ring (bicyclic) bond motifs is 1. The number of benzene rings is 2. The van der Waals surface area contributed by atoms with Gasteiger partial charge in [-0.1, -0.05) is 31.4 Å². The second-order valence-electron chi connectivity index (χ2n) is 8.10. The Morgan fingerprint density at radius 2 is 1.94 bits per heavy atom. The number of carbonyl (C=O) groups excluding carboxylic acids is 1. The molecule has 0 spiro atoms. The molecule has 1 fully saturated rings. The summed E-state index contributed by atoms with van der Waals surface area (Å²) in [6, 6.07) is 10.4. The number of allylic oxidation sites excluding steroid dienone is 1. The third-order valence-electron chi connectivity index (χ3n) is 5.85. The van der Waals surface area contributed by atoms with Crippen LogP contribution in [-0.2, 0) is 4.79 Å². The Morgan fingerprint density at radius 3 is 2.65 bits per heavy atom. The standard InChI is InChI=1S/C26H28FNO3/c1-3-30-24-15-25-22(23(16-31-25)18-9-11-19(27)12-10-18)14-21(24)17(2)13-26(29)28-20-7-5-4-6-8-20/h9-16,20H,3-8H2,1-2H3,(H,28,29)/b17-13+. The zero-order valence-electron chi connectivity index (χ0n) is 18.0. The van der Waals surface area contributed by atoms with Crippen molar-refractivity contribution >= 4 is 22.4 Å². The van der Waals surface area contributed by atoms with Gasteiger partial charge in [0.1, 0.15) is 17.1 Å². The highest BCUT2D eigenvalue weighted by atomic mass is 19.1. The lowest BCUT2D eigenvalue weighted by Crippen LogP contribution is -2.35. The third-order valence-corrected chi connectivity index (χ3v) is 5.85. The molecule has 0 aliphatic heterocycles. The van der Waals surface area contributed by atoms with Crippen LogP contribution in [-0.4, -0.2) is 18.6 Å². The molecule has 3 aromatic rings. The second kappa shape index (κ2) is 9.38. The van der Waals surface area contributed by atoms with Crippen LogP contribution in [0.4, 0.5) is 4.39 Å². The van der Waals surface area contributed by atoms with Gasteiger partial charge < -0.3 is 14.5 Å². The summed E-state index contributed by atoms with van der Waals surface area (Å²) < 4.78 is 25.0. The number of furan rings is 1. The van der Waals surface area contributed by atoms with Gasteiger partial charge in [-0.3, -0.25) is 4.79 Å². The minimum absolute atomic E-state index is 0.0714. The van der Waals surface area contributed by atoms with Crippen LogP contribution in [0.25, 0.3) is 27.7 Å². The molecule has 1 aliphatic carbocycles. The van der Waals surface area contributed by atoms with E-state index in [0.29, 0.717) is 17.9 Å². The topological polar surface area (TPSA) is 51.5 Å². The predicted molar refractivity (Wildman–Crippen MR) is 121 cm³/mol. The van der Waals surface area contributed by atoms with E-state index < -0.39 is 0 Å². The third kappa shape index (κ3) is 4.82. The smallest absolute Gasteiger partial charge is 0.244 e. The first-order chi connectivity index (χ1) is 15.0. The van der Waals surface area contributed by atoms with Gasteiger partial charge in [0.25, 0.3) is 0 Å². The highest BCUT2D eigenvalue weighted by Gasteiger charge is 2.17. The molecule has 0 atom stereocenters. The molecule has 1 amide bonds. The molecule has 0 saturated heterocycles. The van der Waals surface area contributed by atoms with E-state index in [9.17, 15) is 9.18 Å². The van der Waals surface area contributed by atoms with E-state index in [-0.39, 0.29) is 17.8 Å². The number of carbonyl (C=O) groups is 1. The van der Waals surface area contributed by atoms with Crippen molar-refractivity contribution in [3.05, 3.63) is 60.1 Å². The molecule has 0 bridgehead atoms. The fourth-order valence-corrected chi connectivity index (χ4v) is 4.26. The number of halogens is 1. The maximum absolute atomic E-state index is 13.4.